The van der Waals surface area contributed by atoms with Crippen LogP contribution in [0.5, 0.6) is 5.75 Å². The molecule has 0 bridgehead atoms. The number of ether oxygens (including phenoxy) is 1. The van der Waals surface area contributed by atoms with E-state index in [0.29, 0.717) is 31.9 Å². The lowest BCUT2D eigenvalue weighted by molar-refractivity contribution is 0.0635. The molecule has 0 N–H and O–H groups in total. The number of amides is 1. The van der Waals surface area contributed by atoms with E-state index in [-0.39, 0.29) is 29.2 Å². The quantitative estimate of drug-likeness (QED) is 0.455. The molecule has 0 aliphatic carbocycles. The summed E-state index contributed by atoms with van der Waals surface area (Å²) >= 11 is 0. The first-order valence-corrected chi connectivity index (χ1v) is 11.8. The van der Waals surface area contributed by atoms with Gasteiger partial charge in [-0.3, -0.25) is 9.59 Å². The van der Waals surface area contributed by atoms with Crippen molar-refractivity contribution in [2.45, 2.75) is 52.6 Å². The van der Waals surface area contributed by atoms with Crippen molar-refractivity contribution in [3.8, 4) is 16.9 Å². The minimum atomic E-state index is -0.518. The second-order valence-electron chi connectivity index (χ2n) is 8.80. The van der Waals surface area contributed by atoms with Gasteiger partial charge in [0.15, 0.2) is 5.69 Å². The van der Waals surface area contributed by atoms with Gasteiger partial charge >= 0.3 is 5.56 Å². The largest absolute Gasteiger partial charge is 0.486 e. The number of nitrogens with zero attached hydrogens (tertiary/aromatic N) is 3. The number of fused-ring (bicyclic) bond motifs is 1. The average molecular weight is 464 g/mol. The predicted octanol–water partition coefficient (Wildman–Crippen LogP) is 4.68. The van der Waals surface area contributed by atoms with E-state index in [1.54, 1.807) is 17.0 Å². The Morgan fingerprint density at radius 3 is 2.50 bits per heavy atom. The highest BCUT2D eigenvalue weighted by Crippen LogP contribution is 2.28. The number of carbonyl (C=O) groups is 1. The van der Waals surface area contributed by atoms with Crippen LogP contribution in [0.25, 0.3) is 11.1 Å². The molecule has 0 saturated heterocycles. The maximum atomic E-state index is 13.5. The van der Waals surface area contributed by atoms with Crippen molar-refractivity contribution in [1.82, 2.24) is 14.5 Å². The molecule has 1 aromatic heterocycles. The molecule has 1 amide bonds. The highest BCUT2D eigenvalue weighted by atomic mass is 19.1. The Balaban J connectivity index is 1.79. The summed E-state index contributed by atoms with van der Waals surface area (Å²) in [6.45, 7) is 7.40. The van der Waals surface area contributed by atoms with Gasteiger partial charge in [-0.25, -0.2) is 4.39 Å². The van der Waals surface area contributed by atoms with Crippen LogP contribution in [0.3, 0.4) is 0 Å². The first-order chi connectivity index (χ1) is 16.4. The molecule has 0 spiro atoms. The predicted molar refractivity (Wildman–Crippen MR) is 130 cm³/mol. The molecule has 34 heavy (non-hydrogen) atoms. The smallest absolute Gasteiger partial charge is 0.316 e. The molecule has 3 aromatic rings. The number of hydrogen-bond donors (Lipinski definition) is 0. The molecule has 6 nitrogen and oxygen atoms in total. The van der Waals surface area contributed by atoms with Crippen LogP contribution in [0.2, 0.25) is 0 Å². The minimum Gasteiger partial charge on any atom is -0.486 e. The third kappa shape index (κ3) is 4.74. The van der Waals surface area contributed by atoms with Gasteiger partial charge < -0.3 is 14.2 Å². The van der Waals surface area contributed by atoms with Gasteiger partial charge in [-0.15, -0.1) is 0 Å². The van der Waals surface area contributed by atoms with E-state index in [4.69, 9.17) is 4.74 Å². The van der Waals surface area contributed by atoms with Gasteiger partial charge in [0.05, 0.1) is 6.61 Å². The van der Waals surface area contributed by atoms with E-state index in [1.807, 2.05) is 49.6 Å². The van der Waals surface area contributed by atoms with Crippen molar-refractivity contribution in [3.05, 3.63) is 81.8 Å². The maximum Gasteiger partial charge on any atom is 0.316 e. The Kier molecular flexibility index (Phi) is 7.10. The summed E-state index contributed by atoms with van der Waals surface area (Å²) in [5, 5.41) is 0. The minimum absolute atomic E-state index is 0.00987. The molecule has 2 aromatic carbocycles. The van der Waals surface area contributed by atoms with Crippen LogP contribution in [0.4, 0.5) is 4.39 Å². The number of rotatable bonds is 8. The van der Waals surface area contributed by atoms with Gasteiger partial charge in [-0.2, -0.15) is 4.98 Å². The second-order valence-corrected chi connectivity index (χ2v) is 8.80. The molecule has 2 heterocycles. The summed E-state index contributed by atoms with van der Waals surface area (Å²) in [5.74, 6) is 0.0595. The van der Waals surface area contributed by atoms with Crippen LogP contribution >= 0.6 is 0 Å². The molecule has 0 atom stereocenters. The Bertz CT molecular complexity index is 1230. The fourth-order valence-electron chi connectivity index (χ4n) is 4.31. The summed E-state index contributed by atoms with van der Waals surface area (Å²) in [4.78, 5) is 32.6. The van der Waals surface area contributed by atoms with Crippen LogP contribution in [0.15, 0.2) is 53.3 Å². The monoisotopic (exact) mass is 463 g/mol. The van der Waals surface area contributed by atoms with E-state index < -0.39 is 5.56 Å². The molecule has 0 saturated carbocycles. The van der Waals surface area contributed by atoms with Crippen LogP contribution in [-0.2, 0) is 13.0 Å². The first-order valence-electron chi connectivity index (χ1n) is 11.8. The molecular formula is C27H30FN3O3. The standard InChI is InChI=1S/C27H30FN3O3/c1-4-5-16-34-25-24-27(33)30(18(2)3)14-15-31(24)23(29-26(25)32)17-20-8-6-7-9-22(20)19-10-12-21(28)13-11-19/h6-13,18H,4-5,14-17H2,1-3H3. The van der Waals surface area contributed by atoms with Gasteiger partial charge in [0.1, 0.15) is 11.6 Å². The molecule has 0 fully saturated rings. The van der Waals surface area contributed by atoms with Gasteiger partial charge in [-0.05, 0) is 49.1 Å². The van der Waals surface area contributed by atoms with E-state index in [1.165, 1.54) is 12.1 Å². The number of carbonyl (C=O) groups excluding carboxylic acids is 1. The third-order valence-corrected chi connectivity index (χ3v) is 6.14. The molecule has 0 radical (unpaired) electrons. The van der Waals surface area contributed by atoms with Gasteiger partial charge in [0.2, 0.25) is 5.75 Å². The fourth-order valence-corrected chi connectivity index (χ4v) is 4.31. The number of hydrogen-bond acceptors (Lipinski definition) is 4. The van der Waals surface area contributed by atoms with Gasteiger partial charge in [-0.1, -0.05) is 49.7 Å². The molecule has 1 aliphatic rings. The zero-order valence-electron chi connectivity index (χ0n) is 19.9. The zero-order chi connectivity index (χ0) is 24.2. The van der Waals surface area contributed by atoms with Crippen molar-refractivity contribution in [2.75, 3.05) is 13.2 Å². The van der Waals surface area contributed by atoms with E-state index in [0.717, 1.165) is 29.5 Å². The summed E-state index contributed by atoms with van der Waals surface area (Å²) < 4.78 is 21.1. The van der Waals surface area contributed by atoms with Crippen molar-refractivity contribution in [2.24, 2.45) is 0 Å². The zero-order valence-corrected chi connectivity index (χ0v) is 19.9. The molecule has 178 valence electrons. The average Bonchev–Trinajstić information content (AvgIpc) is 2.82. The molecule has 4 rings (SSSR count). The summed E-state index contributed by atoms with van der Waals surface area (Å²) in [7, 11) is 0. The Morgan fingerprint density at radius 1 is 1.06 bits per heavy atom. The van der Waals surface area contributed by atoms with Crippen molar-refractivity contribution >= 4 is 5.91 Å². The topological polar surface area (TPSA) is 64.4 Å². The number of aromatic nitrogens is 2. The Labute approximate surface area is 199 Å². The van der Waals surface area contributed by atoms with E-state index in [2.05, 4.69) is 4.98 Å². The normalized spacial score (nSPS) is 13.3. The number of unbranched alkanes of at least 4 members (excludes halogenated alkanes) is 1. The van der Waals surface area contributed by atoms with Crippen LogP contribution in [-0.4, -0.2) is 39.6 Å². The van der Waals surface area contributed by atoms with Crippen molar-refractivity contribution in [3.63, 3.8) is 0 Å². The van der Waals surface area contributed by atoms with Crippen LogP contribution in [0.1, 0.15) is 55.5 Å². The molecule has 1 aliphatic heterocycles. The lowest BCUT2D eigenvalue weighted by Crippen LogP contribution is -2.46. The van der Waals surface area contributed by atoms with E-state index >= 15 is 0 Å². The third-order valence-electron chi connectivity index (χ3n) is 6.14. The maximum absolute atomic E-state index is 13.5. The summed E-state index contributed by atoms with van der Waals surface area (Å²) in [6, 6.07) is 14.1. The van der Waals surface area contributed by atoms with Gasteiger partial charge in [0, 0.05) is 25.6 Å². The highest BCUT2D eigenvalue weighted by Gasteiger charge is 2.33. The number of halogens is 1. The van der Waals surface area contributed by atoms with Gasteiger partial charge in [0.25, 0.3) is 5.91 Å². The number of benzene rings is 2. The summed E-state index contributed by atoms with van der Waals surface area (Å²) in [6.07, 6.45) is 2.06. The molecule has 7 heteroatoms. The van der Waals surface area contributed by atoms with Crippen molar-refractivity contribution < 1.29 is 13.9 Å². The lowest BCUT2D eigenvalue weighted by atomic mass is 9.97. The van der Waals surface area contributed by atoms with Crippen molar-refractivity contribution in [1.29, 1.82) is 0 Å². The SMILES string of the molecule is CCCCOc1c2n(c(Cc3ccccc3-c3ccc(F)cc3)nc1=O)CCN(C(C)C)C2=O. The molecular weight excluding hydrogens is 433 g/mol. The van der Waals surface area contributed by atoms with E-state index in [9.17, 15) is 14.0 Å². The highest BCUT2D eigenvalue weighted by molar-refractivity contribution is 5.96. The Hall–Kier alpha value is -3.48. The fraction of sp³-hybridized carbons (Fsp3) is 0.370. The first kappa shape index (κ1) is 23.7. The summed E-state index contributed by atoms with van der Waals surface area (Å²) in [5.41, 5.74) is 2.51. The van der Waals surface area contributed by atoms with Crippen LogP contribution in [0, 0.1) is 5.82 Å². The Morgan fingerprint density at radius 2 is 1.79 bits per heavy atom. The molecule has 0 unspecified atom stereocenters. The van der Waals surface area contributed by atoms with Crippen LogP contribution < -0.4 is 10.3 Å². The second kappa shape index (κ2) is 10.2. The lowest BCUT2D eigenvalue weighted by Gasteiger charge is -2.34.